The normalized spacial score (nSPS) is 29.2. The summed E-state index contributed by atoms with van der Waals surface area (Å²) in [4.78, 5) is 41.6. The third-order valence-corrected chi connectivity index (χ3v) is 8.67. The van der Waals surface area contributed by atoms with Crippen LogP contribution in [0, 0.1) is 17.7 Å². The van der Waals surface area contributed by atoms with Crippen molar-refractivity contribution in [2.45, 2.75) is 37.5 Å². The zero-order valence-electron chi connectivity index (χ0n) is 22.1. The predicted molar refractivity (Wildman–Crippen MR) is 137 cm³/mol. The number of likely N-dealkylation sites (N-methyl/N-ethyl adjacent to an activating group) is 1. The molecule has 4 atom stereocenters. The molecule has 1 heterocycles. The molecule has 0 bridgehead atoms. The van der Waals surface area contributed by atoms with Crippen molar-refractivity contribution >= 4 is 23.4 Å². The highest BCUT2D eigenvalue weighted by Crippen LogP contribution is 2.54. The summed E-state index contributed by atoms with van der Waals surface area (Å²) in [5.41, 5.74) is 3.93. The first-order chi connectivity index (χ1) is 18.4. The number of halogens is 1. The Labute approximate surface area is 224 Å². The summed E-state index contributed by atoms with van der Waals surface area (Å²) < 4.78 is 21.7. The summed E-state index contributed by atoms with van der Waals surface area (Å²) in [6.45, 7) is 1.14. The monoisotopic (exact) mass is 544 g/mol. The molecular formula is C27H33FN4O7. The Balaban J connectivity index is 1.60. The van der Waals surface area contributed by atoms with Crippen LogP contribution in [0.4, 0.5) is 4.39 Å². The zero-order chi connectivity index (χ0) is 28.4. The highest BCUT2D eigenvalue weighted by Gasteiger charge is 2.61. The molecule has 0 unspecified atom stereocenters. The summed E-state index contributed by atoms with van der Waals surface area (Å²) >= 11 is 0. The fourth-order valence-corrected chi connectivity index (χ4v) is 6.91. The molecule has 2 amide bonds. The van der Waals surface area contributed by atoms with Crippen LogP contribution in [0.3, 0.4) is 0 Å². The highest BCUT2D eigenvalue weighted by atomic mass is 19.1. The molecular weight excluding hydrogens is 511 g/mol. The van der Waals surface area contributed by atoms with E-state index in [1.54, 1.807) is 23.9 Å². The van der Waals surface area contributed by atoms with Gasteiger partial charge in [-0.2, -0.15) is 0 Å². The average molecular weight is 545 g/mol. The molecule has 5 rings (SSSR count). The van der Waals surface area contributed by atoms with Crippen molar-refractivity contribution < 1.29 is 38.8 Å². The highest BCUT2D eigenvalue weighted by molar-refractivity contribution is 6.10. The van der Waals surface area contributed by atoms with Crippen molar-refractivity contribution in [3.05, 3.63) is 45.5 Å². The molecule has 1 aliphatic heterocycles. The van der Waals surface area contributed by atoms with Gasteiger partial charge in [0, 0.05) is 55.8 Å². The number of phenols is 1. The summed E-state index contributed by atoms with van der Waals surface area (Å²) in [6, 6.07) is 0.430. The molecule has 4 aliphatic rings. The fraction of sp³-hybridized carbons (Fsp3) is 0.519. The third kappa shape index (κ3) is 4.09. The number of ketones is 1. The van der Waals surface area contributed by atoms with E-state index in [4.69, 9.17) is 10.5 Å². The number of hydrogen-bond acceptors (Lipinski definition) is 9. The molecule has 1 aromatic carbocycles. The second-order valence-corrected chi connectivity index (χ2v) is 11.0. The summed E-state index contributed by atoms with van der Waals surface area (Å²) in [6.07, 6.45) is -0.0244. The molecule has 1 aromatic rings. The van der Waals surface area contributed by atoms with Gasteiger partial charge in [0.1, 0.15) is 28.7 Å². The van der Waals surface area contributed by atoms with Crippen LogP contribution >= 0.6 is 0 Å². The van der Waals surface area contributed by atoms with Crippen LogP contribution in [-0.4, -0.2) is 95.2 Å². The number of primary amides is 1. The van der Waals surface area contributed by atoms with Crippen molar-refractivity contribution in [2.24, 2.45) is 17.6 Å². The van der Waals surface area contributed by atoms with E-state index in [0.29, 0.717) is 13.1 Å². The lowest BCUT2D eigenvalue weighted by Crippen LogP contribution is -2.63. The number of carbonyl (C=O) groups excluding carboxylic acids is 3. The quantitative estimate of drug-likeness (QED) is 0.355. The minimum atomic E-state index is -1.61. The second-order valence-electron chi connectivity index (χ2n) is 11.0. The van der Waals surface area contributed by atoms with Crippen molar-refractivity contribution in [3.8, 4) is 5.75 Å². The Bertz CT molecular complexity index is 1340. The van der Waals surface area contributed by atoms with Crippen molar-refractivity contribution in [3.63, 3.8) is 0 Å². The number of aliphatic hydroxyl groups is 2. The standard InChI is InChI=1S/C27H33FN4O7/c1-31(2)22-16-7-12-6-14-20(17(33)8-13(21(14)28)10-32-5-4-30-18(34)11-32)24(36)19(12)25(37)27(16,39-3)9-15(23(22)35)26(29)38/h8,12,16,22,33,35-36H,4-7,9-11H2,1-3H3,(H2,29,38)(H,30,34)/t12-,16-,22-,27-/m0/s1. The summed E-state index contributed by atoms with van der Waals surface area (Å²) in [7, 11) is 4.72. The number of hydrogen-bond donors (Lipinski definition) is 5. The van der Waals surface area contributed by atoms with Gasteiger partial charge < -0.3 is 31.1 Å². The number of carbonyl (C=O) groups is 3. The SMILES string of the molecule is CO[C@@]12CC(C(N)=O)=C(O)[C@@H](N(C)C)[C@@H]1C[C@@H]1Cc3c(F)c(CN4CCNC(=O)C4)cc(O)c3C(O)=C1C2=O. The number of nitrogens with one attached hydrogen (secondary N) is 1. The number of ether oxygens (including phenoxy) is 1. The van der Waals surface area contributed by atoms with E-state index in [1.165, 1.54) is 13.2 Å². The zero-order valence-corrected chi connectivity index (χ0v) is 22.1. The molecule has 0 spiro atoms. The van der Waals surface area contributed by atoms with Gasteiger partial charge in [-0.25, -0.2) is 4.39 Å². The van der Waals surface area contributed by atoms with Gasteiger partial charge in [-0.05, 0) is 38.9 Å². The molecule has 2 fully saturated rings. The number of nitrogens with zero attached hydrogens (tertiary/aromatic N) is 2. The maximum absolute atomic E-state index is 15.9. The predicted octanol–water partition coefficient (Wildman–Crippen LogP) is 0.510. The second kappa shape index (κ2) is 9.61. The molecule has 11 nitrogen and oxygen atoms in total. The largest absolute Gasteiger partial charge is 0.510 e. The average Bonchev–Trinajstić information content (AvgIpc) is 2.86. The number of aliphatic hydroxyl groups excluding tert-OH is 2. The lowest BCUT2D eigenvalue weighted by atomic mass is 9.57. The van der Waals surface area contributed by atoms with Crippen LogP contribution in [0.25, 0.3) is 5.76 Å². The molecule has 6 N–H and O–H groups in total. The van der Waals surface area contributed by atoms with Crippen LogP contribution in [-0.2, 0) is 32.1 Å². The molecule has 0 aromatic heterocycles. The number of fused-ring (bicyclic) bond motifs is 3. The van der Waals surface area contributed by atoms with Crippen molar-refractivity contribution in [2.75, 3.05) is 40.8 Å². The van der Waals surface area contributed by atoms with E-state index < -0.39 is 46.7 Å². The number of benzene rings is 1. The molecule has 1 saturated carbocycles. The third-order valence-electron chi connectivity index (χ3n) is 8.67. The number of nitrogens with two attached hydrogens (primary N) is 1. The molecule has 0 radical (unpaired) electrons. The summed E-state index contributed by atoms with van der Waals surface area (Å²) in [5, 5.41) is 35.9. The lowest BCUT2D eigenvalue weighted by molar-refractivity contribution is -0.157. The van der Waals surface area contributed by atoms with Crippen LogP contribution in [0.1, 0.15) is 29.5 Å². The van der Waals surface area contributed by atoms with Crippen LogP contribution in [0.15, 0.2) is 23.0 Å². The summed E-state index contributed by atoms with van der Waals surface area (Å²) in [5.74, 6) is -4.65. The minimum Gasteiger partial charge on any atom is -0.510 e. The maximum Gasteiger partial charge on any atom is 0.248 e. The van der Waals surface area contributed by atoms with Gasteiger partial charge in [0.15, 0.2) is 5.78 Å². The Morgan fingerprint density at radius 3 is 2.64 bits per heavy atom. The smallest absolute Gasteiger partial charge is 0.248 e. The maximum atomic E-state index is 15.9. The Kier molecular flexibility index (Phi) is 6.68. The van der Waals surface area contributed by atoms with E-state index in [2.05, 4.69) is 5.32 Å². The molecule has 12 heteroatoms. The number of amides is 2. The van der Waals surface area contributed by atoms with Crippen LogP contribution in [0.2, 0.25) is 0 Å². The molecule has 210 valence electrons. The molecule has 39 heavy (non-hydrogen) atoms. The number of methoxy groups -OCH3 is 1. The van der Waals surface area contributed by atoms with E-state index in [0.717, 1.165) is 0 Å². The number of Topliss-reactive ketones (excluding diaryl/α,β-unsaturated/α-hetero) is 1. The number of rotatable bonds is 5. The van der Waals surface area contributed by atoms with Gasteiger partial charge in [0.25, 0.3) is 0 Å². The van der Waals surface area contributed by atoms with E-state index in [1.807, 2.05) is 0 Å². The number of aromatic hydroxyl groups is 1. The minimum absolute atomic E-state index is 0.00142. The van der Waals surface area contributed by atoms with Gasteiger partial charge >= 0.3 is 0 Å². The first-order valence-electron chi connectivity index (χ1n) is 12.8. The van der Waals surface area contributed by atoms with Crippen molar-refractivity contribution in [1.82, 2.24) is 15.1 Å². The van der Waals surface area contributed by atoms with Crippen molar-refractivity contribution in [1.29, 1.82) is 0 Å². The van der Waals surface area contributed by atoms with E-state index >= 15 is 4.39 Å². The van der Waals surface area contributed by atoms with Gasteiger partial charge in [0.2, 0.25) is 11.8 Å². The number of phenolic OH excluding ortho intramolecular Hbond substituents is 1. The molecule has 3 aliphatic carbocycles. The Morgan fingerprint density at radius 2 is 2.03 bits per heavy atom. The Hall–Kier alpha value is -3.48. The van der Waals surface area contributed by atoms with Gasteiger partial charge in [-0.3, -0.25) is 24.2 Å². The van der Waals surface area contributed by atoms with Crippen LogP contribution in [0.5, 0.6) is 5.75 Å². The first kappa shape index (κ1) is 27.1. The molecule has 1 saturated heterocycles. The first-order valence-corrected chi connectivity index (χ1v) is 12.8. The number of piperazine rings is 1. The van der Waals surface area contributed by atoms with Gasteiger partial charge in [-0.1, -0.05) is 0 Å². The van der Waals surface area contributed by atoms with E-state index in [9.17, 15) is 29.7 Å². The van der Waals surface area contributed by atoms with Gasteiger partial charge in [-0.15, -0.1) is 0 Å². The van der Waals surface area contributed by atoms with Gasteiger partial charge in [0.05, 0.1) is 23.7 Å². The fourth-order valence-electron chi connectivity index (χ4n) is 6.91. The topological polar surface area (TPSA) is 166 Å². The Morgan fingerprint density at radius 1 is 1.31 bits per heavy atom. The van der Waals surface area contributed by atoms with Crippen LogP contribution < -0.4 is 11.1 Å². The lowest BCUT2D eigenvalue weighted by Gasteiger charge is -2.53. The van der Waals surface area contributed by atoms with E-state index in [-0.39, 0.29) is 77.6 Å².